The highest BCUT2D eigenvalue weighted by molar-refractivity contribution is 7.07. The van der Waals surface area contributed by atoms with Crippen molar-refractivity contribution in [1.82, 2.24) is 4.57 Å². The van der Waals surface area contributed by atoms with Gasteiger partial charge in [0.25, 0.3) is 11.5 Å². The number of allylic oxidation sites excluding steroid dienone is 1. The number of hydrogen-bond acceptors (Lipinski definition) is 8. The largest absolute Gasteiger partial charge is 0.463 e. The van der Waals surface area contributed by atoms with Crippen LogP contribution in [0.4, 0.5) is 5.69 Å². The fraction of sp³-hybridized carbons (Fsp3) is 0.235. The van der Waals surface area contributed by atoms with E-state index in [-0.39, 0.29) is 23.8 Å². The first kappa shape index (κ1) is 27.8. The first-order valence-corrected chi connectivity index (χ1v) is 15.4. The summed E-state index contributed by atoms with van der Waals surface area (Å²) in [6, 6.07) is 21.8. The molecule has 0 unspecified atom stereocenters. The Hall–Kier alpha value is -4.96. The molecular formula is C34H29N3O6S. The van der Waals surface area contributed by atoms with Gasteiger partial charge in [0.2, 0.25) is 6.79 Å². The van der Waals surface area contributed by atoms with Crippen LogP contribution >= 0.6 is 11.3 Å². The molecule has 0 saturated carbocycles. The van der Waals surface area contributed by atoms with Gasteiger partial charge in [0.15, 0.2) is 16.3 Å². The summed E-state index contributed by atoms with van der Waals surface area (Å²) >= 11 is 1.17. The lowest BCUT2D eigenvalue weighted by Gasteiger charge is -2.25. The lowest BCUT2D eigenvalue weighted by molar-refractivity contribution is -0.139. The van der Waals surface area contributed by atoms with Gasteiger partial charge in [0, 0.05) is 5.56 Å². The van der Waals surface area contributed by atoms with Crippen LogP contribution in [0.25, 0.3) is 5.57 Å². The van der Waals surface area contributed by atoms with Crippen LogP contribution in [0.15, 0.2) is 93.9 Å². The van der Waals surface area contributed by atoms with Crippen LogP contribution in [0, 0.1) is 0 Å². The predicted octanol–water partition coefficient (Wildman–Crippen LogP) is 4.22. The van der Waals surface area contributed by atoms with E-state index in [1.807, 2.05) is 67.6 Å². The zero-order valence-electron chi connectivity index (χ0n) is 24.2. The van der Waals surface area contributed by atoms with E-state index in [1.54, 1.807) is 24.0 Å². The number of carbonyl (C=O) groups is 2. The van der Waals surface area contributed by atoms with Crippen LogP contribution in [-0.4, -0.2) is 29.8 Å². The third kappa shape index (κ3) is 4.53. The first-order chi connectivity index (χ1) is 21.5. The van der Waals surface area contributed by atoms with Crippen LogP contribution < -0.4 is 29.3 Å². The minimum atomic E-state index is -0.831. The number of hydrogen-bond donors (Lipinski definition) is 0. The normalized spacial score (nSPS) is 17.8. The summed E-state index contributed by atoms with van der Waals surface area (Å²) in [5.74, 6) is 0.335. The number of benzene rings is 3. The number of fused-ring (bicyclic) bond motifs is 3. The Kier molecular flexibility index (Phi) is 7.14. The summed E-state index contributed by atoms with van der Waals surface area (Å²) in [4.78, 5) is 49.2. The molecule has 1 amide bonds. The maximum atomic E-state index is 14.5. The molecule has 1 atom stereocenters. The molecule has 7 rings (SSSR count). The third-order valence-corrected chi connectivity index (χ3v) is 8.97. The van der Waals surface area contributed by atoms with Gasteiger partial charge < -0.3 is 19.1 Å². The Morgan fingerprint density at radius 1 is 1.00 bits per heavy atom. The molecule has 10 heteroatoms. The quantitative estimate of drug-likeness (QED) is 0.292. The molecule has 0 fully saturated rings. The van der Waals surface area contributed by atoms with E-state index in [1.165, 1.54) is 15.9 Å². The number of esters is 1. The number of aromatic nitrogens is 1. The van der Waals surface area contributed by atoms with Gasteiger partial charge in [0.05, 0.1) is 41.7 Å². The molecular weight excluding hydrogens is 578 g/mol. The van der Waals surface area contributed by atoms with E-state index in [0.29, 0.717) is 57.2 Å². The number of ether oxygens (including phenoxy) is 3. The van der Waals surface area contributed by atoms with Gasteiger partial charge in [-0.3, -0.25) is 14.2 Å². The number of anilines is 1. The summed E-state index contributed by atoms with van der Waals surface area (Å²) < 4.78 is 18.5. The molecule has 0 radical (unpaired) electrons. The molecule has 1 aromatic heterocycles. The Bertz CT molecular complexity index is 2030. The molecule has 44 heavy (non-hydrogen) atoms. The molecule has 0 aliphatic carbocycles. The second kappa shape index (κ2) is 11.3. The van der Waals surface area contributed by atoms with E-state index >= 15 is 0 Å². The number of carbonyl (C=O) groups excluding carboxylic acids is 2. The van der Waals surface area contributed by atoms with Crippen molar-refractivity contribution in [2.24, 2.45) is 4.99 Å². The fourth-order valence-electron chi connectivity index (χ4n) is 5.99. The first-order valence-electron chi connectivity index (χ1n) is 14.6. The van der Waals surface area contributed by atoms with Crippen LogP contribution in [0.1, 0.15) is 49.4 Å². The number of nitrogens with zero attached hydrogens (tertiary/aromatic N) is 3. The topological polar surface area (TPSA) is 99.4 Å². The van der Waals surface area contributed by atoms with Gasteiger partial charge in [-0.1, -0.05) is 79.3 Å². The fourth-order valence-corrected chi connectivity index (χ4v) is 7.10. The highest BCUT2D eigenvalue weighted by Gasteiger charge is 2.38. The van der Waals surface area contributed by atoms with Crippen molar-refractivity contribution in [2.75, 3.05) is 18.3 Å². The van der Waals surface area contributed by atoms with E-state index in [2.05, 4.69) is 0 Å². The van der Waals surface area contributed by atoms with Gasteiger partial charge in [0.1, 0.15) is 4.53 Å². The van der Waals surface area contributed by atoms with Crippen LogP contribution in [-0.2, 0) is 20.9 Å². The molecule has 3 aliphatic heterocycles. The maximum absolute atomic E-state index is 14.5. The van der Waals surface area contributed by atoms with E-state index < -0.39 is 17.6 Å². The maximum Gasteiger partial charge on any atom is 0.338 e. The predicted molar refractivity (Wildman–Crippen MR) is 165 cm³/mol. The molecule has 4 aromatic rings. The molecule has 0 saturated heterocycles. The second-order valence-corrected chi connectivity index (χ2v) is 11.6. The lowest BCUT2D eigenvalue weighted by Crippen LogP contribution is -2.41. The monoisotopic (exact) mass is 607 g/mol. The van der Waals surface area contributed by atoms with Gasteiger partial charge in [-0.05, 0) is 42.7 Å². The van der Waals surface area contributed by atoms with Gasteiger partial charge in [-0.15, -0.1) is 0 Å². The molecule has 0 bridgehead atoms. The summed E-state index contributed by atoms with van der Waals surface area (Å²) in [5, 5.41) is 0. The van der Waals surface area contributed by atoms with Crippen LogP contribution in [0.2, 0.25) is 0 Å². The zero-order valence-corrected chi connectivity index (χ0v) is 25.1. The van der Waals surface area contributed by atoms with Gasteiger partial charge in [-0.2, -0.15) is 0 Å². The SMILES string of the molecule is CCCC1=C(C(=O)OCC)[C@H](c2ccc3c(c2)OCO3)n2c(s/c(=C3\C(=O)N(Cc4ccccc4)c4ccccc43)c2=O)=N1. The number of para-hydroxylation sites is 1. The molecule has 0 spiro atoms. The van der Waals surface area contributed by atoms with E-state index in [9.17, 15) is 14.4 Å². The van der Waals surface area contributed by atoms with Crippen molar-refractivity contribution in [3.05, 3.63) is 120 Å². The molecule has 0 N–H and O–H groups in total. The van der Waals surface area contributed by atoms with E-state index in [0.717, 1.165) is 17.7 Å². The van der Waals surface area contributed by atoms with Crippen LogP contribution in [0.3, 0.4) is 0 Å². The lowest BCUT2D eigenvalue weighted by atomic mass is 9.94. The molecule has 222 valence electrons. The number of amides is 1. The molecule has 3 aromatic carbocycles. The van der Waals surface area contributed by atoms with Crippen LogP contribution in [0.5, 0.6) is 11.5 Å². The minimum absolute atomic E-state index is 0.0908. The summed E-state index contributed by atoms with van der Waals surface area (Å²) in [6.45, 7) is 4.38. The Morgan fingerprint density at radius 2 is 1.77 bits per heavy atom. The number of thiazole rings is 1. The van der Waals surface area contributed by atoms with Crippen molar-refractivity contribution < 1.29 is 23.8 Å². The minimum Gasteiger partial charge on any atom is -0.463 e. The zero-order chi connectivity index (χ0) is 30.4. The standard InChI is InChI=1S/C34H29N3O6S/c1-3-10-23-28(33(40)41-4-2)29(21-15-16-25-26(17-21)43-19-42-25)37-32(39)30(44-34(37)35-23)27-22-13-8-9-14-24(22)36(31(27)38)18-20-11-6-5-7-12-20/h5-9,11-17,29H,3-4,10,18-19H2,1-2H3/b30-27-/t29-/m0/s1. The Labute approximate surface area is 257 Å². The highest BCUT2D eigenvalue weighted by atomic mass is 32.1. The average molecular weight is 608 g/mol. The van der Waals surface area contributed by atoms with Crippen molar-refractivity contribution in [3.63, 3.8) is 0 Å². The Morgan fingerprint density at radius 3 is 2.57 bits per heavy atom. The van der Waals surface area contributed by atoms with Crippen molar-refractivity contribution in [3.8, 4) is 11.5 Å². The number of rotatable bonds is 7. The van der Waals surface area contributed by atoms with Crippen molar-refractivity contribution >= 4 is 34.5 Å². The molecule has 4 heterocycles. The average Bonchev–Trinajstić information content (AvgIpc) is 3.71. The Balaban J connectivity index is 1.46. The third-order valence-electron chi connectivity index (χ3n) is 7.91. The van der Waals surface area contributed by atoms with Crippen molar-refractivity contribution in [1.29, 1.82) is 0 Å². The molecule has 3 aliphatic rings. The second-order valence-electron chi connectivity index (χ2n) is 10.6. The highest BCUT2D eigenvalue weighted by Crippen LogP contribution is 2.40. The summed E-state index contributed by atoms with van der Waals surface area (Å²) in [5.41, 5.74) is 3.88. The smallest absolute Gasteiger partial charge is 0.338 e. The van der Waals surface area contributed by atoms with Gasteiger partial charge in [-0.25, -0.2) is 9.79 Å². The molecule has 9 nitrogen and oxygen atoms in total. The summed E-state index contributed by atoms with van der Waals surface area (Å²) in [7, 11) is 0. The van der Waals surface area contributed by atoms with E-state index in [4.69, 9.17) is 19.2 Å². The van der Waals surface area contributed by atoms with Gasteiger partial charge >= 0.3 is 5.97 Å². The summed E-state index contributed by atoms with van der Waals surface area (Å²) in [6.07, 6.45) is 1.25. The van der Waals surface area contributed by atoms with Crippen molar-refractivity contribution in [2.45, 2.75) is 39.3 Å².